The van der Waals surface area contributed by atoms with E-state index in [0.29, 0.717) is 31.1 Å². The van der Waals surface area contributed by atoms with Crippen LogP contribution in [0.4, 0.5) is 0 Å². The minimum absolute atomic E-state index is 0.153. The van der Waals surface area contributed by atoms with Gasteiger partial charge >= 0.3 is 5.97 Å². The fraction of sp³-hybridized carbons (Fsp3) is 0.500. The second-order valence-corrected chi connectivity index (χ2v) is 3.94. The van der Waals surface area contributed by atoms with E-state index in [1.165, 1.54) is 0 Å². The molecule has 0 aliphatic rings. The SMILES string of the molecule is CCOC(=O)C(C)CCOc1ccccc1OC. The van der Waals surface area contributed by atoms with Gasteiger partial charge in [-0.15, -0.1) is 0 Å². The van der Waals surface area contributed by atoms with Crippen molar-refractivity contribution in [2.45, 2.75) is 20.3 Å². The summed E-state index contributed by atoms with van der Waals surface area (Å²) in [4.78, 5) is 11.4. The normalized spacial score (nSPS) is 11.7. The summed E-state index contributed by atoms with van der Waals surface area (Å²) in [5.41, 5.74) is 0. The molecule has 0 aliphatic carbocycles. The van der Waals surface area contributed by atoms with Crippen LogP contribution in [0.3, 0.4) is 0 Å². The second-order valence-electron chi connectivity index (χ2n) is 3.94. The number of hydrogen-bond donors (Lipinski definition) is 0. The molecule has 0 spiro atoms. The topological polar surface area (TPSA) is 44.8 Å². The molecule has 0 saturated carbocycles. The lowest BCUT2D eigenvalue weighted by molar-refractivity contribution is -0.147. The van der Waals surface area contributed by atoms with E-state index in [1.54, 1.807) is 14.0 Å². The van der Waals surface area contributed by atoms with Gasteiger partial charge in [0.15, 0.2) is 11.5 Å². The Balaban J connectivity index is 2.39. The predicted molar refractivity (Wildman–Crippen MR) is 68.9 cm³/mol. The molecule has 100 valence electrons. The van der Waals surface area contributed by atoms with Crippen LogP contribution in [-0.4, -0.2) is 26.3 Å². The quantitative estimate of drug-likeness (QED) is 0.700. The Labute approximate surface area is 108 Å². The second kappa shape index (κ2) is 7.58. The van der Waals surface area contributed by atoms with E-state index in [4.69, 9.17) is 14.2 Å². The van der Waals surface area contributed by atoms with Crippen molar-refractivity contribution in [1.82, 2.24) is 0 Å². The van der Waals surface area contributed by atoms with Gasteiger partial charge in [-0.05, 0) is 25.5 Å². The zero-order valence-corrected chi connectivity index (χ0v) is 11.1. The molecule has 1 rings (SSSR count). The van der Waals surface area contributed by atoms with E-state index in [9.17, 15) is 4.79 Å². The first-order valence-electron chi connectivity index (χ1n) is 6.11. The Bertz CT molecular complexity index is 376. The molecular formula is C14H20O4. The van der Waals surface area contributed by atoms with Crippen LogP contribution in [0.5, 0.6) is 11.5 Å². The molecule has 0 aliphatic heterocycles. The molecule has 0 radical (unpaired) electrons. The lowest BCUT2D eigenvalue weighted by atomic mass is 10.1. The van der Waals surface area contributed by atoms with Crippen LogP contribution >= 0.6 is 0 Å². The van der Waals surface area contributed by atoms with Gasteiger partial charge in [-0.25, -0.2) is 0 Å². The van der Waals surface area contributed by atoms with Gasteiger partial charge in [0.25, 0.3) is 0 Å². The van der Waals surface area contributed by atoms with Crippen molar-refractivity contribution in [1.29, 1.82) is 0 Å². The highest BCUT2D eigenvalue weighted by Crippen LogP contribution is 2.26. The maximum atomic E-state index is 11.4. The third-order valence-electron chi connectivity index (χ3n) is 2.57. The molecule has 0 N–H and O–H groups in total. The standard InChI is InChI=1S/C14H20O4/c1-4-17-14(15)11(2)9-10-18-13-8-6-5-7-12(13)16-3/h5-8,11H,4,9-10H2,1-3H3. The minimum Gasteiger partial charge on any atom is -0.493 e. The summed E-state index contributed by atoms with van der Waals surface area (Å²) in [6.07, 6.45) is 0.622. The summed E-state index contributed by atoms with van der Waals surface area (Å²) in [6.45, 7) is 4.51. The first kappa shape index (κ1) is 14.4. The Hall–Kier alpha value is -1.71. The predicted octanol–water partition coefficient (Wildman–Crippen LogP) is 2.66. The summed E-state index contributed by atoms with van der Waals surface area (Å²) >= 11 is 0. The van der Waals surface area contributed by atoms with Crippen molar-refractivity contribution in [3.8, 4) is 11.5 Å². The number of hydrogen-bond acceptors (Lipinski definition) is 4. The lowest BCUT2D eigenvalue weighted by Crippen LogP contribution is -2.17. The number of carbonyl (C=O) groups is 1. The maximum Gasteiger partial charge on any atom is 0.308 e. The molecule has 1 unspecified atom stereocenters. The van der Waals surface area contributed by atoms with Crippen molar-refractivity contribution in [2.75, 3.05) is 20.3 Å². The summed E-state index contributed by atoms with van der Waals surface area (Å²) in [5, 5.41) is 0. The van der Waals surface area contributed by atoms with Gasteiger partial charge in [-0.3, -0.25) is 4.79 Å². The lowest BCUT2D eigenvalue weighted by Gasteiger charge is -2.13. The number of rotatable bonds is 7. The fourth-order valence-electron chi connectivity index (χ4n) is 1.49. The number of ether oxygens (including phenoxy) is 3. The average molecular weight is 252 g/mol. The molecule has 0 aromatic heterocycles. The Morgan fingerprint density at radius 1 is 1.28 bits per heavy atom. The van der Waals surface area contributed by atoms with Crippen LogP contribution in [-0.2, 0) is 9.53 Å². The first-order chi connectivity index (χ1) is 8.69. The van der Waals surface area contributed by atoms with Crippen molar-refractivity contribution in [2.24, 2.45) is 5.92 Å². The fourth-order valence-corrected chi connectivity index (χ4v) is 1.49. The van der Waals surface area contributed by atoms with Crippen LogP contribution in [0.15, 0.2) is 24.3 Å². The number of esters is 1. The zero-order chi connectivity index (χ0) is 13.4. The number of para-hydroxylation sites is 2. The molecule has 4 nitrogen and oxygen atoms in total. The number of carbonyl (C=O) groups excluding carboxylic acids is 1. The van der Waals surface area contributed by atoms with E-state index >= 15 is 0 Å². The summed E-state index contributed by atoms with van der Waals surface area (Å²) in [5.74, 6) is 1.05. The highest BCUT2D eigenvalue weighted by Gasteiger charge is 2.14. The zero-order valence-electron chi connectivity index (χ0n) is 11.1. The Morgan fingerprint density at radius 2 is 1.94 bits per heavy atom. The molecule has 1 aromatic rings. The summed E-state index contributed by atoms with van der Waals surface area (Å²) in [6, 6.07) is 7.44. The molecule has 4 heteroatoms. The number of benzene rings is 1. The Kier molecular flexibility index (Phi) is 6.05. The van der Waals surface area contributed by atoms with Gasteiger partial charge in [0.2, 0.25) is 0 Å². The largest absolute Gasteiger partial charge is 0.493 e. The molecule has 0 heterocycles. The molecule has 18 heavy (non-hydrogen) atoms. The van der Waals surface area contributed by atoms with E-state index < -0.39 is 0 Å². The van der Waals surface area contributed by atoms with E-state index in [-0.39, 0.29) is 11.9 Å². The minimum atomic E-state index is -0.180. The van der Waals surface area contributed by atoms with Crippen molar-refractivity contribution < 1.29 is 19.0 Å². The van der Waals surface area contributed by atoms with E-state index in [0.717, 1.165) is 0 Å². The van der Waals surface area contributed by atoms with Crippen LogP contribution in [0.1, 0.15) is 20.3 Å². The molecular weight excluding hydrogens is 232 g/mol. The smallest absolute Gasteiger partial charge is 0.308 e. The van der Waals surface area contributed by atoms with Crippen molar-refractivity contribution in [3.05, 3.63) is 24.3 Å². The van der Waals surface area contributed by atoms with Gasteiger partial charge in [0.1, 0.15) is 0 Å². The molecule has 0 saturated heterocycles. The molecule has 0 amide bonds. The van der Waals surface area contributed by atoms with Crippen molar-refractivity contribution in [3.63, 3.8) is 0 Å². The first-order valence-corrected chi connectivity index (χ1v) is 6.11. The highest BCUT2D eigenvalue weighted by atomic mass is 16.5. The van der Waals surface area contributed by atoms with Crippen molar-refractivity contribution >= 4 is 5.97 Å². The monoisotopic (exact) mass is 252 g/mol. The molecule has 0 bridgehead atoms. The van der Waals surface area contributed by atoms with Gasteiger partial charge in [-0.1, -0.05) is 19.1 Å². The molecule has 1 aromatic carbocycles. The van der Waals surface area contributed by atoms with Gasteiger partial charge in [0, 0.05) is 0 Å². The van der Waals surface area contributed by atoms with Gasteiger partial charge in [0.05, 0.1) is 26.2 Å². The highest BCUT2D eigenvalue weighted by molar-refractivity contribution is 5.71. The van der Waals surface area contributed by atoms with Crippen LogP contribution in [0.25, 0.3) is 0 Å². The third-order valence-corrected chi connectivity index (χ3v) is 2.57. The molecule has 0 fully saturated rings. The molecule has 1 atom stereocenters. The number of methoxy groups -OCH3 is 1. The maximum absolute atomic E-state index is 11.4. The van der Waals surface area contributed by atoms with Gasteiger partial charge in [-0.2, -0.15) is 0 Å². The average Bonchev–Trinajstić information content (AvgIpc) is 2.39. The third kappa shape index (κ3) is 4.28. The van der Waals surface area contributed by atoms with E-state index in [2.05, 4.69) is 0 Å². The Morgan fingerprint density at radius 3 is 2.56 bits per heavy atom. The van der Waals surface area contributed by atoms with E-state index in [1.807, 2.05) is 31.2 Å². The van der Waals surface area contributed by atoms with Crippen LogP contribution in [0.2, 0.25) is 0 Å². The van der Waals surface area contributed by atoms with Crippen LogP contribution in [0, 0.1) is 5.92 Å². The van der Waals surface area contributed by atoms with Crippen LogP contribution < -0.4 is 9.47 Å². The summed E-state index contributed by atoms with van der Waals surface area (Å²) in [7, 11) is 1.60. The summed E-state index contributed by atoms with van der Waals surface area (Å²) < 4.78 is 15.7. The van der Waals surface area contributed by atoms with Gasteiger partial charge < -0.3 is 14.2 Å².